The molecule has 2 fully saturated rings. The van der Waals surface area contributed by atoms with Crippen LogP contribution in [0.5, 0.6) is 0 Å². The van der Waals surface area contributed by atoms with E-state index in [4.69, 9.17) is 4.74 Å². The van der Waals surface area contributed by atoms with Gasteiger partial charge in [0, 0.05) is 33.3 Å². The molecule has 0 atom stereocenters. The van der Waals surface area contributed by atoms with Crippen LogP contribution in [0, 0.1) is 0 Å². The number of amides is 3. The Bertz CT molecular complexity index is 1140. The molecule has 5 rings (SSSR count). The highest BCUT2D eigenvalue weighted by Gasteiger charge is 2.57. The highest BCUT2D eigenvalue weighted by molar-refractivity contribution is 7.00. The quantitative estimate of drug-likeness (QED) is 0.499. The summed E-state index contributed by atoms with van der Waals surface area (Å²) in [6, 6.07) is 15.9. The minimum Gasteiger partial charge on any atom is -0.383 e. The molecule has 1 spiro atoms. The third-order valence-corrected chi connectivity index (χ3v) is 7.29. The normalized spacial score (nSPS) is 18.7. The molecule has 2 aliphatic rings. The lowest BCUT2D eigenvalue weighted by Crippen LogP contribution is -2.56. The number of nitrogens with zero attached hydrogens (tertiary/aromatic N) is 5. The molecule has 0 aliphatic carbocycles. The van der Waals surface area contributed by atoms with Crippen molar-refractivity contribution in [2.24, 2.45) is 0 Å². The van der Waals surface area contributed by atoms with Gasteiger partial charge >= 0.3 is 6.03 Å². The second-order valence-corrected chi connectivity index (χ2v) is 9.23. The number of methoxy groups -OCH3 is 1. The second kappa shape index (κ2) is 9.17. The van der Waals surface area contributed by atoms with Gasteiger partial charge in [0.1, 0.15) is 16.6 Å². The summed E-state index contributed by atoms with van der Waals surface area (Å²) in [6.45, 7) is 3.34. The zero-order valence-electron chi connectivity index (χ0n) is 18.6. The predicted molar refractivity (Wildman–Crippen MR) is 126 cm³/mol. The van der Waals surface area contributed by atoms with Crippen LogP contribution in [0.1, 0.15) is 24.0 Å². The number of fused-ring (bicyclic) bond motifs is 1. The number of ether oxygens (including phenoxy) is 1. The van der Waals surface area contributed by atoms with Gasteiger partial charge in [0.15, 0.2) is 0 Å². The molecule has 0 bridgehead atoms. The largest absolute Gasteiger partial charge is 0.383 e. The Hall–Kier alpha value is -2.88. The van der Waals surface area contributed by atoms with E-state index in [0.717, 1.165) is 36.2 Å². The van der Waals surface area contributed by atoms with Gasteiger partial charge in [0.2, 0.25) is 0 Å². The first-order chi connectivity index (χ1) is 16.1. The van der Waals surface area contributed by atoms with E-state index in [1.54, 1.807) is 12.0 Å². The van der Waals surface area contributed by atoms with E-state index in [9.17, 15) is 9.59 Å². The van der Waals surface area contributed by atoms with Crippen LogP contribution >= 0.6 is 11.7 Å². The number of piperidine rings is 1. The molecule has 0 unspecified atom stereocenters. The molecule has 1 aromatic heterocycles. The fourth-order valence-corrected chi connectivity index (χ4v) is 5.41. The zero-order valence-corrected chi connectivity index (χ0v) is 19.5. The van der Waals surface area contributed by atoms with E-state index in [1.165, 1.54) is 22.2 Å². The predicted octanol–water partition coefficient (Wildman–Crippen LogP) is 3.14. The van der Waals surface area contributed by atoms with Crippen molar-refractivity contribution in [2.45, 2.75) is 31.5 Å². The van der Waals surface area contributed by atoms with E-state index in [1.807, 2.05) is 36.4 Å². The van der Waals surface area contributed by atoms with Crippen molar-refractivity contribution in [3.8, 4) is 0 Å². The maximum Gasteiger partial charge on any atom is 0.328 e. The Kier molecular flexibility index (Phi) is 6.09. The molecule has 0 N–H and O–H groups in total. The SMILES string of the molecule is COCCN1C(=O)N(Cc2ccccc2)C2(CCN(Cc3ccc4nsnc4c3)CC2)C1=O. The van der Waals surface area contributed by atoms with Crippen molar-refractivity contribution < 1.29 is 14.3 Å². The highest BCUT2D eigenvalue weighted by Crippen LogP contribution is 2.38. The summed E-state index contributed by atoms with van der Waals surface area (Å²) >= 11 is 1.23. The van der Waals surface area contributed by atoms with Gasteiger partial charge in [-0.15, -0.1) is 0 Å². The van der Waals surface area contributed by atoms with Crippen molar-refractivity contribution in [2.75, 3.05) is 33.4 Å². The van der Waals surface area contributed by atoms with Crippen LogP contribution in [-0.2, 0) is 22.6 Å². The first-order valence-electron chi connectivity index (χ1n) is 11.2. The van der Waals surface area contributed by atoms with E-state index in [0.29, 0.717) is 26.0 Å². The second-order valence-electron chi connectivity index (χ2n) is 8.70. The summed E-state index contributed by atoms with van der Waals surface area (Å²) in [4.78, 5) is 32.4. The first kappa shape index (κ1) is 21.9. The monoisotopic (exact) mass is 465 g/mol. The molecular formula is C24H27N5O3S. The minimum absolute atomic E-state index is 0.0879. The Morgan fingerprint density at radius 1 is 0.970 bits per heavy atom. The molecule has 8 nitrogen and oxygen atoms in total. The molecule has 2 aliphatic heterocycles. The van der Waals surface area contributed by atoms with Crippen LogP contribution in [0.25, 0.3) is 11.0 Å². The summed E-state index contributed by atoms with van der Waals surface area (Å²) in [6.07, 6.45) is 1.24. The van der Waals surface area contributed by atoms with Crippen molar-refractivity contribution >= 4 is 34.7 Å². The van der Waals surface area contributed by atoms with Crippen LogP contribution in [-0.4, -0.2) is 74.3 Å². The van der Waals surface area contributed by atoms with Crippen LogP contribution in [0.2, 0.25) is 0 Å². The number of aromatic nitrogens is 2. The van der Waals surface area contributed by atoms with Gasteiger partial charge in [-0.3, -0.25) is 14.6 Å². The van der Waals surface area contributed by atoms with E-state index in [2.05, 4.69) is 25.8 Å². The van der Waals surface area contributed by atoms with E-state index < -0.39 is 5.54 Å². The number of hydrogen-bond donors (Lipinski definition) is 0. The number of benzene rings is 2. The lowest BCUT2D eigenvalue weighted by Gasteiger charge is -2.42. The number of carbonyl (C=O) groups is 2. The summed E-state index contributed by atoms with van der Waals surface area (Å²) in [7, 11) is 1.58. The van der Waals surface area contributed by atoms with Gasteiger partial charge in [-0.2, -0.15) is 8.75 Å². The van der Waals surface area contributed by atoms with Crippen molar-refractivity contribution in [1.29, 1.82) is 0 Å². The molecule has 9 heteroatoms. The smallest absolute Gasteiger partial charge is 0.328 e. The summed E-state index contributed by atoms with van der Waals surface area (Å²) in [5, 5.41) is 0. The third-order valence-electron chi connectivity index (χ3n) is 6.73. The fourth-order valence-electron chi connectivity index (χ4n) is 4.90. The third kappa shape index (κ3) is 4.12. The molecule has 2 saturated heterocycles. The van der Waals surface area contributed by atoms with Gasteiger partial charge in [-0.25, -0.2) is 4.79 Å². The maximum atomic E-state index is 13.6. The van der Waals surface area contributed by atoms with Crippen molar-refractivity contribution in [3.05, 3.63) is 59.7 Å². The Morgan fingerprint density at radius 2 is 1.73 bits per heavy atom. The molecule has 3 heterocycles. The molecule has 33 heavy (non-hydrogen) atoms. The summed E-state index contributed by atoms with van der Waals surface area (Å²) in [5.41, 5.74) is 3.26. The van der Waals surface area contributed by atoms with Crippen LogP contribution in [0.15, 0.2) is 48.5 Å². The standard InChI is InChI=1S/C24H27N5O3S/c1-32-14-13-28-22(30)24(29(23(28)31)17-18-5-3-2-4-6-18)9-11-27(12-10-24)16-19-7-8-20-21(15-19)26-33-25-20/h2-8,15H,9-14,16-17H2,1H3. The molecular weight excluding hydrogens is 438 g/mol. The zero-order chi connectivity index (χ0) is 22.8. The molecule has 3 aromatic rings. The van der Waals surface area contributed by atoms with Gasteiger partial charge in [-0.05, 0) is 36.1 Å². The van der Waals surface area contributed by atoms with Gasteiger partial charge < -0.3 is 9.64 Å². The summed E-state index contributed by atoms with van der Waals surface area (Å²) < 4.78 is 13.8. The topological polar surface area (TPSA) is 78.9 Å². The number of hydrogen-bond acceptors (Lipinski definition) is 7. The molecule has 0 radical (unpaired) electrons. The first-order valence-corrected chi connectivity index (χ1v) is 11.9. The van der Waals surface area contributed by atoms with Crippen LogP contribution < -0.4 is 0 Å². The lowest BCUT2D eigenvalue weighted by molar-refractivity contribution is -0.136. The number of imide groups is 1. The van der Waals surface area contributed by atoms with Gasteiger partial charge in [0.25, 0.3) is 5.91 Å². The Labute approximate surface area is 197 Å². The van der Waals surface area contributed by atoms with Crippen LogP contribution in [0.3, 0.4) is 0 Å². The number of rotatable bonds is 7. The van der Waals surface area contributed by atoms with E-state index >= 15 is 0 Å². The maximum absolute atomic E-state index is 13.6. The fraction of sp³-hybridized carbons (Fsp3) is 0.417. The average molecular weight is 466 g/mol. The number of carbonyl (C=O) groups excluding carboxylic acids is 2. The number of urea groups is 1. The average Bonchev–Trinajstić information content (AvgIpc) is 3.38. The number of likely N-dealkylation sites (tertiary alicyclic amines) is 1. The summed E-state index contributed by atoms with van der Waals surface area (Å²) in [5.74, 6) is -0.0879. The molecule has 0 saturated carbocycles. The van der Waals surface area contributed by atoms with Crippen molar-refractivity contribution in [3.63, 3.8) is 0 Å². The molecule has 172 valence electrons. The Morgan fingerprint density at radius 3 is 2.48 bits per heavy atom. The lowest BCUT2D eigenvalue weighted by atomic mass is 9.85. The minimum atomic E-state index is -0.792. The molecule has 2 aromatic carbocycles. The van der Waals surface area contributed by atoms with Gasteiger partial charge in [-0.1, -0.05) is 36.4 Å². The molecule has 3 amide bonds. The van der Waals surface area contributed by atoms with Crippen molar-refractivity contribution in [1.82, 2.24) is 23.4 Å². The highest BCUT2D eigenvalue weighted by atomic mass is 32.1. The van der Waals surface area contributed by atoms with Crippen LogP contribution in [0.4, 0.5) is 4.79 Å². The van der Waals surface area contributed by atoms with Gasteiger partial charge in [0.05, 0.1) is 24.9 Å². The van der Waals surface area contributed by atoms with E-state index in [-0.39, 0.29) is 18.5 Å². The Balaban J connectivity index is 1.34.